The number of aromatic nitrogens is 2. The number of carbonyl (C=O) groups is 1. The standard InChI is InChI=1S/C15H21FN4OS.ClH/c1-20-13-9-10(16)3-4-12(13)19-14(20)5-7-18-15(21)11(17)6-8-22-2;/h3-4,9,11H,5-8,17H2,1-2H3,(H,18,21);1H/t11-;/m0./s1. The molecule has 1 heterocycles. The van der Waals surface area contributed by atoms with Crippen LogP contribution in [0.15, 0.2) is 18.2 Å². The number of imidazole rings is 1. The summed E-state index contributed by atoms with van der Waals surface area (Å²) in [5.41, 5.74) is 7.30. The van der Waals surface area contributed by atoms with Crippen LogP contribution >= 0.6 is 24.2 Å². The Balaban J connectivity index is 0.00000264. The number of rotatable bonds is 7. The number of nitrogens with one attached hydrogen (secondary N) is 1. The van der Waals surface area contributed by atoms with Crippen LogP contribution in [0.25, 0.3) is 11.0 Å². The number of nitrogens with zero attached hydrogens (tertiary/aromatic N) is 2. The van der Waals surface area contributed by atoms with Gasteiger partial charge in [-0.1, -0.05) is 0 Å². The number of benzene rings is 1. The normalized spacial score (nSPS) is 12.0. The van der Waals surface area contributed by atoms with Gasteiger partial charge in [0.25, 0.3) is 0 Å². The van der Waals surface area contributed by atoms with Crippen LogP contribution in [0.1, 0.15) is 12.2 Å². The fourth-order valence-electron chi connectivity index (χ4n) is 2.24. The van der Waals surface area contributed by atoms with Crippen molar-refractivity contribution in [2.24, 2.45) is 12.8 Å². The van der Waals surface area contributed by atoms with Crippen molar-refractivity contribution < 1.29 is 9.18 Å². The summed E-state index contributed by atoms with van der Waals surface area (Å²) in [4.78, 5) is 16.3. The van der Waals surface area contributed by atoms with Crippen LogP contribution < -0.4 is 11.1 Å². The van der Waals surface area contributed by atoms with Crippen LogP contribution in [0, 0.1) is 5.82 Å². The summed E-state index contributed by atoms with van der Waals surface area (Å²) in [6, 6.07) is 4.04. The highest BCUT2D eigenvalue weighted by Crippen LogP contribution is 2.16. The molecule has 23 heavy (non-hydrogen) atoms. The first-order chi connectivity index (χ1) is 10.5. The average molecular weight is 361 g/mol. The monoisotopic (exact) mass is 360 g/mol. The van der Waals surface area contributed by atoms with Crippen molar-refractivity contribution in [3.63, 3.8) is 0 Å². The molecule has 0 saturated heterocycles. The van der Waals surface area contributed by atoms with Gasteiger partial charge in [0.1, 0.15) is 11.6 Å². The second-order valence-electron chi connectivity index (χ2n) is 5.15. The van der Waals surface area contributed by atoms with E-state index in [4.69, 9.17) is 5.73 Å². The van der Waals surface area contributed by atoms with E-state index in [1.165, 1.54) is 12.1 Å². The van der Waals surface area contributed by atoms with Crippen molar-refractivity contribution >= 4 is 41.1 Å². The number of aryl methyl sites for hydroxylation is 1. The average Bonchev–Trinajstić information content (AvgIpc) is 2.81. The molecule has 0 saturated carbocycles. The molecule has 0 bridgehead atoms. The lowest BCUT2D eigenvalue weighted by molar-refractivity contribution is -0.122. The third kappa shape index (κ3) is 5.09. The van der Waals surface area contributed by atoms with E-state index >= 15 is 0 Å². The molecule has 5 nitrogen and oxygen atoms in total. The molecule has 1 aromatic carbocycles. The van der Waals surface area contributed by atoms with Gasteiger partial charge >= 0.3 is 0 Å². The van der Waals surface area contributed by atoms with Crippen LogP contribution in [-0.2, 0) is 18.3 Å². The van der Waals surface area contributed by atoms with Crippen LogP contribution in [-0.4, -0.2) is 40.1 Å². The fourth-order valence-corrected chi connectivity index (χ4v) is 2.73. The molecule has 0 fully saturated rings. The van der Waals surface area contributed by atoms with Crippen LogP contribution in [0.4, 0.5) is 4.39 Å². The molecule has 0 aliphatic heterocycles. The van der Waals surface area contributed by atoms with E-state index in [1.54, 1.807) is 17.8 Å². The number of fused-ring (bicyclic) bond motifs is 1. The van der Waals surface area contributed by atoms with E-state index in [2.05, 4.69) is 10.3 Å². The molecule has 1 atom stereocenters. The van der Waals surface area contributed by atoms with E-state index in [-0.39, 0.29) is 24.1 Å². The maximum absolute atomic E-state index is 13.3. The molecule has 2 rings (SSSR count). The lowest BCUT2D eigenvalue weighted by Gasteiger charge is -2.11. The Labute approximate surface area is 145 Å². The fraction of sp³-hybridized carbons (Fsp3) is 0.467. The second-order valence-corrected chi connectivity index (χ2v) is 6.13. The highest BCUT2D eigenvalue weighted by atomic mass is 35.5. The molecule has 128 valence electrons. The Kier molecular flexibility index (Phi) is 7.81. The van der Waals surface area contributed by atoms with Gasteiger partial charge < -0.3 is 15.6 Å². The number of thioether (sulfide) groups is 1. The lowest BCUT2D eigenvalue weighted by Crippen LogP contribution is -2.41. The predicted molar refractivity (Wildman–Crippen MR) is 95.6 cm³/mol. The zero-order valence-electron chi connectivity index (χ0n) is 13.2. The quantitative estimate of drug-likeness (QED) is 0.790. The molecule has 0 spiro atoms. The summed E-state index contributed by atoms with van der Waals surface area (Å²) in [6.07, 6.45) is 3.23. The third-order valence-corrected chi connectivity index (χ3v) is 4.20. The predicted octanol–water partition coefficient (Wildman–Crippen LogP) is 1.87. The summed E-state index contributed by atoms with van der Waals surface area (Å²) in [5.74, 6) is 1.25. The Morgan fingerprint density at radius 1 is 1.52 bits per heavy atom. The van der Waals surface area contributed by atoms with Crippen LogP contribution in [0.2, 0.25) is 0 Å². The molecule has 0 aliphatic carbocycles. The first kappa shape index (κ1) is 19.7. The summed E-state index contributed by atoms with van der Waals surface area (Å²) >= 11 is 1.67. The van der Waals surface area contributed by atoms with Gasteiger partial charge in [0, 0.05) is 20.0 Å². The Morgan fingerprint density at radius 2 is 2.26 bits per heavy atom. The smallest absolute Gasteiger partial charge is 0.236 e. The largest absolute Gasteiger partial charge is 0.354 e. The molecule has 8 heteroatoms. The molecular weight excluding hydrogens is 339 g/mol. The van der Waals surface area contributed by atoms with Gasteiger partial charge in [-0.25, -0.2) is 9.37 Å². The Hall–Kier alpha value is -1.31. The zero-order valence-corrected chi connectivity index (χ0v) is 14.8. The molecular formula is C15H22ClFN4OS. The molecule has 0 unspecified atom stereocenters. The van der Waals surface area contributed by atoms with Crippen molar-refractivity contribution in [2.45, 2.75) is 18.9 Å². The Bertz CT molecular complexity index is 664. The first-order valence-electron chi connectivity index (χ1n) is 7.16. The highest BCUT2D eigenvalue weighted by Gasteiger charge is 2.13. The topological polar surface area (TPSA) is 72.9 Å². The van der Waals surface area contributed by atoms with Gasteiger partial charge in [-0.3, -0.25) is 4.79 Å². The maximum atomic E-state index is 13.3. The number of hydrogen-bond donors (Lipinski definition) is 2. The Morgan fingerprint density at radius 3 is 2.96 bits per heavy atom. The van der Waals surface area contributed by atoms with E-state index in [9.17, 15) is 9.18 Å². The molecule has 0 aliphatic rings. The SMILES string of the molecule is CSCC[C@H](N)C(=O)NCCc1nc2ccc(F)cc2n1C.Cl. The van der Waals surface area contributed by atoms with Crippen molar-refractivity contribution in [3.05, 3.63) is 29.8 Å². The number of halogens is 2. The van der Waals surface area contributed by atoms with Gasteiger partial charge in [-0.15, -0.1) is 12.4 Å². The van der Waals surface area contributed by atoms with Gasteiger partial charge in [-0.2, -0.15) is 11.8 Å². The minimum absolute atomic E-state index is 0. The summed E-state index contributed by atoms with van der Waals surface area (Å²) in [7, 11) is 1.84. The van der Waals surface area contributed by atoms with E-state index in [1.807, 2.05) is 17.9 Å². The molecule has 2 aromatic rings. The molecule has 1 amide bonds. The molecule has 1 aromatic heterocycles. The van der Waals surface area contributed by atoms with Gasteiger partial charge in [-0.05, 0) is 36.6 Å². The number of carbonyl (C=O) groups excluding carboxylic acids is 1. The first-order valence-corrected chi connectivity index (χ1v) is 8.55. The lowest BCUT2D eigenvalue weighted by atomic mass is 10.2. The van der Waals surface area contributed by atoms with E-state index in [0.29, 0.717) is 19.4 Å². The second kappa shape index (κ2) is 9.10. The highest BCUT2D eigenvalue weighted by molar-refractivity contribution is 7.98. The third-order valence-electron chi connectivity index (χ3n) is 3.55. The molecule has 0 radical (unpaired) electrons. The maximum Gasteiger partial charge on any atom is 0.236 e. The molecule has 3 N–H and O–H groups in total. The summed E-state index contributed by atoms with van der Waals surface area (Å²) in [5, 5.41) is 2.82. The number of hydrogen-bond acceptors (Lipinski definition) is 4. The zero-order chi connectivity index (χ0) is 16.1. The van der Waals surface area contributed by atoms with Crippen molar-refractivity contribution in [3.8, 4) is 0 Å². The van der Waals surface area contributed by atoms with Gasteiger partial charge in [0.2, 0.25) is 5.91 Å². The van der Waals surface area contributed by atoms with Gasteiger partial charge in [0.05, 0.1) is 17.1 Å². The van der Waals surface area contributed by atoms with Crippen LogP contribution in [0.3, 0.4) is 0 Å². The van der Waals surface area contributed by atoms with E-state index in [0.717, 1.165) is 22.6 Å². The summed E-state index contributed by atoms with van der Waals surface area (Å²) in [6.45, 7) is 0.464. The van der Waals surface area contributed by atoms with Crippen molar-refractivity contribution in [1.29, 1.82) is 0 Å². The van der Waals surface area contributed by atoms with Crippen molar-refractivity contribution in [2.75, 3.05) is 18.6 Å². The number of amides is 1. The number of nitrogens with two attached hydrogens (primary N) is 1. The minimum Gasteiger partial charge on any atom is -0.354 e. The minimum atomic E-state index is -0.470. The van der Waals surface area contributed by atoms with E-state index < -0.39 is 6.04 Å². The van der Waals surface area contributed by atoms with Gasteiger partial charge in [0.15, 0.2) is 0 Å². The summed E-state index contributed by atoms with van der Waals surface area (Å²) < 4.78 is 15.1. The van der Waals surface area contributed by atoms with Crippen LogP contribution in [0.5, 0.6) is 0 Å². The van der Waals surface area contributed by atoms with Crippen molar-refractivity contribution in [1.82, 2.24) is 14.9 Å².